The number of hydrogen-bond acceptors (Lipinski definition) is 6. The Morgan fingerprint density at radius 1 is 1.00 bits per heavy atom. The summed E-state index contributed by atoms with van der Waals surface area (Å²) in [5.41, 5.74) is 2.37. The van der Waals surface area contributed by atoms with Crippen molar-refractivity contribution in [2.75, 3.05) is 7.11 Å². The number of carbonyl (C=O) groups excluding carboxylic acids is 2. The fourth-order valence-electron chi connectivity index (χ4n) is 2.44. The van der Waals surface area contributed by atoms with E-state index in [0.29, 0.717) is 5.56 Å². The zero-order chi connectivity index (χ0) is 20.4. The van der Waals surface area contributed by atoms with Crippen LogP contribution in [0.5, 0.6) is 5.75 Å². The van der Waals surface area contributed by atoms with Crippen LogP contribution in [-0.2, 0) is 14.8 Å². The lowest BCUT2D eigenvalue weighted by Crippen LogP contribution is -2.25. The molecular formula is C19H21NO6S. The number of Topliss-reactive ketones (excluding diaryl/α,β-unsaturated/α-hetero) is 1. The van der Waals surface area contributed by atoms with E-state index in [-0.39, 0.29) is 22.0 Å². The number of esters is 1. The minimum Gasteiger partial charge on any atom is -0.495 e. The summed E-state index contributed by atoms with van der Waals surface area (Å²) in [6.45, 7) is 5.27. The molecule has 0 saturated heterocycles. The summed E-state index contributed by atoms with van der Waals surface area (Å²) in [4.78, 5) is 24.5. The molecule has 0 aromatic heterocycles. The number of benzene rings is 2. The van der Waals surface area contributed by atoms with Crippen LogP contribution in [0.1, 0.15) is 38.8 Å². The number of nitrogens with two attached hydrogens (primary N) is 1. The Morgan fingerprint density at radius 3 is 2.19 bits per heavy atom. The van der Waals surface area contributed by atoms with Gasteiger partial charge in [-0.15, -0.1) is 0 Å². The number of carbonyl (C=O) groups is 2. The Bertz CT molecular complexity index is 997. The minimum atomic E-state index is -4.10. The molecule has 27 heavy (non-hydrogen) atoms. The third-order valence-electron chi connectivity index (χ3n) is 4.15. The van der Waals surface area contributed by atoms with Crippen LogP contribution in [0.4, 0.5) is 0 Å². The number of hydrogen-bond donors (Lipinski definition) is 1. The average molecular weight is 391 g/mol. The number of rotatable bonds is 6. The Labute approximate surface area is 158 Å². The van der Waals surface area contributed by atoms with Crippen molar-refractivity contribution in [1.82, 2.24) is 0 Å². The third-order valence-corrected chi connectivity index (χ3v) is 5.08. The topological polar surface area (TPSA) is 113 Å². The predicted octanol–water partition coefficient (Wildman–Crippen LogP) is 2.39. The fraction of sp³-hybridized carbons (Fsp3) is 0.263. The lowest BCUT2D eigenvalue weighted by atomic mass is 10.0. The van der Waals surface area contributed by atoms with Gasteiger partial charge in [-0.25, -0.2) is 18.4 Å². The first-order chi connectivity index (χ1) is 12.5. The Kier molecular flexibility index (Phi) is 6.02. The minimum absolute atomic E-state index is 0.00769. The SMILES string of the molecule is COc1ccc(C(=O)O[C@@H](C)C(=O)c2ccc(C)c(C)c2)cc1S(N)(=O)=O. The van der Waals surface area contributed by atoms with Gasteiger partial charge >= 0.3 is 5.97 Å². The van der Waals surface area contributed by atoms with E-state index >= 15 is 0 Å². The second-order valence-electron chi connectivity index (χ2n) is 6.12. The Balaban J connectivity index is 2.23. The van der Waals surface area contributed by atoms with Gasteiger partial charge in [-0.2, -0.15) is 0 Å². The second-order valence-corrected chi connectivity index (χ2v) is 7.65. The Hall–Kier alpha value is -2.71. The van der Waals surface area contributed by atoms with Crippen molar-refractivity contribution < 1.29 is 27.5 Å². The number of ether oxygens (including phenoxy) is 2. The quantitative estimate of drug-likeness (QED) is 0.597. The molecule has 0 spiro atoms. The molecule has 1 atom stereocenters. The molecular weight excluding hydrogens is 370 g/mol. The molecule has 7 nitrogen and oxygen atoms in total. The van der Waals surface area contributed by atoms with Gasteiger partial charge in [0.05, 0.1) is 12.7 Å². The number of sulfonamides is 1. The molecule has 0 unspecified atom stereocenters. The van der Waals surface area contributed by atoms with Crippen LogP contribution >= 0.6 is 0 Å². The highest BCUT2D eigenvalue weighted by Crippen LogP contribution is 2.24. The van der Waals surface area contributed by atoms with Crippen molar-refractivity contribution in [3.05, 3.63) is 58.7 Å². The molecule has 0 saturated carbocycles. The van der Waals surface area contributed by atoms with E-state index in [1.165, 1.54) is 26.2 Å². The van der Waals surface area contributed by atoms with Crippen LogP contribution in [0.3, 0.4) is 0 Å². The fourth-order valence-corrected chi connectivity index (χ4v) is 3.16. The summed E-state index contributed by atoms with van der Waals surface area (Å²) < 4.78 is 33.4. The third kappa shape index (κ3) is 4.72. The number of ketones is 1. The molecule has 0 aliphatic carbocycles. The first-order valence-electron chi connectivity index (χ1n) is 8.08. The van der Waals surface area contributed by atoms with Gasteiger partial charge in [0.1, 0.15) is 10.6 Å². The molecule has 8 heteroatoms. The van der Waals surface area contributed by atoms with E-state index in [9.17, 15) is 18.0 Å². The number of methoxy groups -OCH3 is 1. The smallest absolute Gasteiger partial charge is 0.338 e. The summed E-state index contributed by atoms with van der Waals surface area (Å²) in [6, 6.07) is 8.91. The maximum atomic E-state index is 12.5. The maximum Gasteiger partial charge on any atom is 0.338 e. The van der Waals surface area contributed by atoms with Crippen LogP contribution in [0.2, 0.25) is 0 Å². The van der Waals surface area contributed by atoms with Gasteiger partial charge in [0.25, 0.3) is 0 Å². The van der Waals surface area contributed by atoms with Crippen LogP contribution in [0.15, 0.2) is 41.3 Å². The maximum absolute atomic E-state index is 12.5. The van der Waals surface area contributed by atoms with E-state index in [4.69, 9.17) is 14.6 Å². The number of primary sulfonamides is 1. The first-order valence-corrected chi connectivity index (χ1v) is 9.62. The molecule has 0 heterocycles. The van der Waals surface area contributed by atoms with Crippen LogP contribution < -0.4 is 9.88 Å². The van der Waals surface area contributed by atoms with Crippen LogP contribution in [0.25, 0.3) is 0 Å². The van der Waals surface area contributed by atoms with Crippen LogP contribution in [-0.4, -0.2) is 33.4 Å². The van der Waals surface area contributed by atoms with E-state index < -0.39 is 22.1 Å². The predicted molar refractivity (Wildman–Crippen MR) is 99.5 cm³/mol. The zero-order valence-electron chi connectivity index (χ0n) is 15.5. The van der Waals surface area contributed by atoms with Gasteiger partial charge in [0, 0.05) is 5.56 Å². The Morgan fingerprint density at radius 2 is 1.63 bits per heavy atom. The van der Waals surface area contributed by atoms with Gasteiger partial charge in [0.15, 0.2) is 6.10 Å². The van der Waals surface area contributed by atoms with Crippen molar-refractivity contribution >= 4 is 21.8 Å². The highest BCUT2D eigenvalue weighted by molar-refractivity contribution is 7.89. The standard InChI is InChI=1S/C19H21NO6S/c1-11-5-6-14(9-12(11)2)18(21)13(3)26-19(22)15-7-8-16(25-4)17(10-15)27(20,23)24/h5-10,13H,1-4H3,(H2,20,23,24)/t13-/m0/s1. The monoisotopic (exact) mass is 391 g/mol. The van der Waals surface area contributed by atoms with E-state index in [0.717, 1.165) is 17.2 Å². The first kappa shape index (κ1) is 20.6. The van der Waals surface area contributed by atoms with E-state index in [1.54, 1.807) is 12.1 Å². The largest absolute Gasteiger partial charge is 0.495 e. The summed E-state index contributed by atoms with van der Waals surface area (Å²) >= 11 is 0. The van der Waals surface area contributed by atoms with Crippen molar-refractivity contribution in [3.8, 4) is 5.75 Å². The molecule has 144 valence electrons. The van der Waals surface area contributed by atoms with Gasteiger partial charge in [-0.05, 0) is 56.2 Å². The van der Waals surface area contributed by atoms with Gasteiger partial charge in [-0.3, -0.25) is 4.79 Å². The summed E-state index contributed by atoms with van der Waals surface area (Å²) in [6.07, 6.45) is -1.04. The zero-order valence-corrected chi connectivity index (χ0v) is 16.3. The summed E-state index contributed by atoms with van der Waals surface area (Å²) in [5, 5.41) is 5.14. The molecule has 0 aliphatic rings. The van der Waals surface area contributed by atoms with Crippen molar-refractivity contribution in [1.29, 1.82) is 0 Å². The van der Waals surface area contributed by atoms with Gasteiger partial charge < -0.3 is 9.47 Å². The van der Waals surface area contributed by atoms with E-state index in [1.807, 2.05) is 19.9 Å². The van der Waals surface area contributed by atoms with Gasteiger partial charge in [0.2, 0.25) is 15.8 Å². The van der Waals surface area contributed by atoms with Crippen molar-refractivity contribution in [3.63, 3.8) is 0 Å². The molecule has 2 aromatic carbocycles. The molecule has 2 aromatic rings. The van der Waals surface area contributed by atoms with Crippen molar-refractivity contribution in [2.24, 2.45) is 5.14 Å². The summed E-state index contributed by atoms with van der Waals surface area (Å²) in [7, 11) is -2.81. The highest BCUT2D eigenvalue weighted by atomic mass is 32.2. The van der Waals surface area contributed by atoms with Crippen LogP contribution in [0, 0.1) is 13.8 Å². The van der Waals surface area contributed by atoms with Gasteiger partial charge in [-0.1, -0.05) is 12.1 Å². The number of aryl methyl sites for hydroxylation is 2. The lowest BCUT2D eigenvalue weighted by Gasteiger charge is -2.14. The molecule has 0 bridgehead atoms. The molecule has 0 radical (unpaired) electrons. The molecule has 0 aliphatic heterocycles. The van der Waals surface area contributed by atoms with E-state index in [2.05, 4.69) is 0 Å². The molecule has 2 N–H and O–H groups in total. The molecule has 0 amide bonds. The molecule has 2 rings (SSSR count). The lowest BCUT2D eigenvalue weighted by molar-refractivity contribution is 0.0318. The highest BCUT2D eigenvalue weighted by Gasteiger charge is 2.23. The second kappa shape index (κ2) is 7.89. The normalized spacial score (nSPS) is 12.3. The average Bonchev–Trinajstić information content (AvgIpc) is 2.61. The molecule has 0 fully saturated rings. The summed E-state index contributed by atoms with van der Waals surface area (Å²) in [5.74, 6) is -1.19. The van der Waals surface area contributed by atoms with Crippen molar-refractivity contribution in [2.45, 2.75) is 31.8 Å².